The second-order valence-corrected chi connectivity index (χ2v) is 2.77. The minimum atomic E-state index is -0.0675. The van der Waals surface area contributed by atoms with E-state index in [2.05, 4.69) is 12.1 Å². The average molecular weight is 159 g/mol. The Kier molecular flexibility index (Phi) is 7.36. The Morgan fingerprint density at radius 2 is 2.00 bits per heavy atom. The summed E-state index contributed by atoms with van der Waals surface area (Å²) in [6, 6.07) is -0.0675. The highest BCUT2D eigenvalue weighted by molar-refractivity contribution is 4.64. The quantitative estimate of drug-likeness (QED) is 0.578. The van der Waals surface area contributed by atoms with Gasteiger partial charge in [0.05, 0.1) is 6.04 Å². The lowest BCUT2D eigenvalue weighted by molar-refractivity contribution is 0.278. The van der Waals surface area contributed by atoms with Gasteiger partial charge in [-0.25, -0.2) is 0 Å². The minimum absolute atomic E-state index is 0.0675. The largest absolute Gasteiger partial charge is 0.396 e. The van der Waals surface area contributed by atoms with Crippen LogP contribution in [0.25, 0.3) is 0 Å². The molecule has 0 bridgehead atoms. The molecule has 1 N–H and O–H groups in total. The van der Waals surface area contributed by atoms with E-state index in [1.807, 2.05) is 0 Å². The Bertz CT molecular complexity index is 88.1. The summed E-state index contributed by atoms with van der Waals surface area (Å²) in [6.45, 7) is 2.26. The van der Waals surface area contributed by atoms with E-state index in [0.717, 1.165) is 25.7 Å². The first-order valence-corrected chi connectivity index (χ1v) is 4.28. The van der Waals surface area contributed by atoms with Crippen molar-refractivity contribution in [3.05, 3.63) is 4.91 Å². The highest BCUT2D eigenvalue weighted by Gasteiger charge is 2.06. The van der Waals surface area contributed by atoms with Gasteiger partial charge in [-0.15, -0.1) is 0 Å². The van der Waals surface area contributed by atoms with E-state index in [0.29, 0.717) is 6.42 Å². The van der Waals surface area contributed by atoms with Crippen molar-refractivity contribution >= 4 is 0 Å². The van der Waals surface area contributed by atoms with Crippen LogP contribution in [0.3, 0.4) is 0 Å². The highest BCUT2D eigenvalue weighted by atomic mass is 16.3. The van der Waals surface area contributed by atoms with Crippen LogP contribution in [-0.2, 0) is 0 Å². The van der Waals surface area contributed by atoms with Crippen molar-refractivity contribution in [1.82, 2.24) is 0 Å². The molecule has 0 aliphatic carbocycles. The molecule has 0 aliphatic heterocycles. The van der Waals surface area contributed by atoms with Gasteiger partial charge in [0.1, 0.15) is 0 Å². The lowest BCUT2D eigenvalue weighted by Gasteiger charge is -2.05. The van der Waals surface area contributed by atoms with Crippen LogP contribution in [0.15, 0.2) is 5.18 Å². The highest BCUT2D eigenvalue weighted by Crippen LogP contribution is 2.09. The average Bonchev–Trinajstić information content (AvgIpc) is 2.05. The summed E-state index contributed by atoms with van der Waals surface area (Å²) >= 11 is 0. The fourth-order valence-electron chi connectivity index (χ4n) is 1.02. The fraction of sp³-hybridized carbons (Fsp3) is 1.00. The molecule has 0 saturated heterocycles. The first-order valence-electron chi connectivity index (χ1n) is 4.28. The number of nitroso groups, excluding NO2 is 1. The van der Waals surface area contributed by atoms with Crippen molar-refractivity contribution in [3.63, 3.8) is 0 Å². The van der Waals surface area contributed by atoms with Gasteiger partial charge >= 0.3 is 0 Å². The molecule has 0 amide bonds. The zero-order valence-electron chi connectivity index (χ0n) is 7.12. The van der Waals surface area contributed by atoms with Crippen LogP contribution in [0.5, 0.6) is 0 Å². The van der Waals surface area contributed by atoms with E-state index in [1.165, 1.54) is 0 Å². The maximum Gasteiger partial charge on any atom is 0.0920 e. The molecular weight excluding hydrogens is 142 g/mol. The fourth-order valence-corrected chi connectivity index (χ4v) is 1.02. The summed E-state index contributed by atoms with van der Waals surface area (Å²) < 4.78 is 0. The molecule has 0 rings (SSSR count). The molecule has 0 aromatic carbocycles. The molecule has 66 valence electrons. The van der Waals surface area contributed by atoms with Crippen LogP contribution in [0.4, 0.5) is 0 Å². The van der Waals surface area contributed by atoms with Crippen LogP contribution in [-0.4, -0.2) is 17.8 Å². The minimum Gasteiger partial charge on any atom is -0.396 e. The van der Waals surface area contributed by atoms with E-state index in [4.69, 9.17) is 5.11 Å². The molecule has 0 spiro atoms. The predicted octanol–water partition coefficient (Wildman–Crippen LogP) is 2.08. The SMILES string of the molecule is CCCCC(CCCO)N=O. The molecule has 1 unspecified atom stereocenters. The van der Waals surface area contributed by atoms with Gasteiger partial charge in [0.25, 0.3) is 0 Å². The van der Waals surface area contributed by atoms with E-state index in [1.54, 1.807) is 0 Å². The van der Waals surface area contributed by atoms with Gasteiger partial charge in [0, 0.05) is 6.61 Å². The number of hydrogen-bond acceptors (Lipinski definition) is 3. The number of aliphatic hydroxyl groups is 1. The second kappa shape index (κ2) is 7.66. The first kappa shape index (κ1) is 10.6. The third-order valence-electron chi connectivity index (χ3n) is 1.74. The summed E-state index contributed by atoms with van der Waals surface area (Å²) in [4.78, 5) is 10.2. The normalized spacial score (nSPS) is 12.9. The van der Waals surface area contributed by atoms with Crippen LogP contribution < -0.4 is 0 Å². The van der Waals surface area contributed by atoms with Gasteiger partial charge in [0.15, 0.2) is 0 Å². The maximum atomic E-state index is 10.2. The molecule has 11 heavy (non-hydrogen) atoms. The summed E-state index contributed by atoms with van der Waals surface area (Å²) in [5.41, 5.74) is 0. The Balaban J connectivity index is 3.33. The molecule has 1 atom stereocenters. The predicted molar refractivity (Wildman–Crippen MR) is 45.4 cm³/mol. The number of rotatable bonds is 7. The van der Waals surface area contributed by atoms with Crippen LogP contribution in [0.2, 0.25) is 0 Å². The third kappa shape index (κ3) is 5.98. The number of nitrogens with zero attached hydrogens (tertiary/aromatic N) is 1. The zero-order chi connectivity index (χ0) is 8.53. The monoisotopic (exact) mass is 159 g/mol. The number of unbranched alkanes of at least 4 members (excludes halogenated alkanes) is 1. The Labute approximate surface area is 67.8 Å². The van der Waals surface area contributed by atoms with Crippen molar-refractivity contribution in [2.75, 3.05) is 6.61 Å². The molecule has 3 heteroatoms. The maximum absolute atomic E-state index is 10.2. The van der Waals surface area contributed by atoms with Gasteiger partial charge in [-0.05, 0) is 19.3 Å². The van der Waals surface area contributed by atoms with Crippen molar-refractivity contribution in [3.8, 4) is 0 Å². The van der Waals surface area contributed by atoms with E-state index in [9.17, 15) is 4.91 Å². The van der Waals surface area contributed by atoms with Gasteiger partial charge in [-0.2, -0.15) is 4.91 Å². The molecule has 0 radical (unpaired) electrons. The van der Waals surface area contributed by atoms with Crippen molar-refractivity contribution in [1.29, 1.82) is 0 Å². The molecule has 3 nitrogen and oxygen atoms in total. The third-order valence-corrected chi connectivity index (χ3v) is 1.74. The molecule has 0 saturated carbocycles. The topological polar surface area (TPSA) is 49.7 Å². The van der Waals surface area contributed by atoms with E-state index in [-0.39, 0.29) is 12.6 Å². The Morgan fingerprint density at radius 3 is 2.45 bits per heavy atom. The molecule has 0 aromatic rings. The first-order chi connectivity index (χ1) is 5.35. The van der Waals surface area contributed by atoms with Crippen molar-refractivity contribution < 1.29 is 5.11 Å². The van der Waals surface area contributed by atoms with Gasteiger partial charge < -0.3 is 5.11 Å². The van der Waals surface area contributed by atoms with Crippen molar-refractivity contribution in [2.24, 2.45) is 5.18 Å². The Morgan fingerprint density at radius 1 is 1.36 bits per heavy atom. The van der Waals surface area contributed by atoms with Crippen molar-refractivity contribution in [2.45, 2.75) is 45.1 Å². The smallest absolute Gasteiger partial charge is 0.0920 e. The van der Waals surface area contributed by atoms with Crippen LogP contribution >= 0.6 is 0 Å². The van der Waals surface area contributed by atoms with E-state index >= 15 is 0 Å². The lowest BCUT2D eigenvalue weighted by atomic mass is 10.1. The zero-order valence-corrected chi connectivity index (χ0v) is 7.12. The molecule has 0 heterocycles. The van der Waals surface area contributed by atoms with Crippen LogP contribution in [0, 0.1) is 4.91 Å². The lowest BCUT2D eigenvalue weighted by Crippen LogP contribution is -2.04. The summed E-state index contributed by atoms with van der Waals surface area (Å²) in [6.07, 6.45) is 4.47. The molecule has 0 aliphatic rings. The number of hydrogen-bond donors (Lipinski definition) is 1. The van der Waals surface area contributed by atoms with Gasteiger partial charge in [0.2, 0.25) is 0 Å². The molecule has 0 aromatic heterocycles. The Hall–Kier alpha value is -0.440. The summed E-state index contributed by atoms with van der Waals surface area (Å²) in [5, 5.41) is 11.5. The van der Waals surface area contributed by atoms with E-state index < -0.39 is 0 Å². The van der Waals surface area contributed by atoms with Gasteiger partial charge in [-0.3, -0.25) is 0 Å². The summed E-state index contributed by atoms with van der Waals surface area (Å²) in [5.74, 6) is 0. The molecular formula is C8H17NO2. The van der Waals surface area contributed by atoms with Gasteiger partial charge in [-0.1, -0.05) is 24.9 Å². The van der Waals surface area contributed by atoms with Crippen LogP contribution in [0.1, 0.15) is 39.0 Å². The second-order valence-electron chi connectivity index (χ2n) is 2.77. The number of aliphatic hydroxyl groups excluding tert-OH is 1. The summed E-state index contributed by atoms with van der Waals surface area (Å²) in [7, 11) is 0. The molecule has 0 fully saturated rings. The standard InChI is InChI=1S/C8H17NO2/c1-2-3-5-8(9-11)6-4-7-10/h8,10H,2-7H2,1H3.